The molecule has 0 aliphatic carbocycles. The highest BCUT2D eigenvalue weighted by Crippen LogP contribution is 2.33. The number of hydrogen-bond acceptors (Lipinski definition) is 2. The fourth-order valence-corrected chi connectivity index (χ4v) is 4.88. The predicted molar refractivity (Wildman–Crippen MR) is 121 cm³/mol. The van der Waals surface area contributed by atoms with Crippen molar-refractivity contribution in [2.45, 2.75) is 40.0 Å². The molecule has 0 spiro atoms. The molecule has 0 saturated carbocycles. The molecule has 3 rings (SSSR count). The van der Waals surface area contributed by atoms with Crippen molar-refractivity contribution in [3.63, 3.8) is 0 Å². The average Bonchev–Trinajstić information content (AvgIpc) is 3.02. The molecule has 0 aliphatic heterocycles. The van der Waals surface area contributed by atoms with E-state index in [2.05, 4.69) is 73.8 Å². The first-order chi connectivity index (χ1) is 13.3. The van der Waals surface area contributed by atoms with Crippen LogP contribution in [0.5, 0.6) is 0 Å². The van der Waals surface area contributed by atoms with Gasteiger partial charge in [-0.25, -0.2) is 4.68 Å². The zero-order valence-corrected chi connectivity index (χ0v) is 18.9. The second-order valence-electron chi connectivity index (χ2n) is 8.19. The molecular formula is C23H26ClN3Si. The summed E-state index contributed by atoms with van der Waals surface area (Å²) in [7, 11) is -1.73. The maximum absolute atomic E-state index is 6.26. The largest absolute Gasteiger partial charge is 0.240 e. The number of benzene rings is 2. The summed E-state index contributed by atoms with van der Waals surface area (Å²) >= 11 is 6.26. The molecular weight excluding hydrogens is 382 g/mol. The molecule has 1 aromatic heterocycles. The predicted octanol–water partition coefficient (Wildman–Crippen LogP) is 6.47. The van der Waals surface area contributed by atoms with Gasteiger partial charge in [0, 0.05) is 15.8 Å². The van der Waals surface area contributed by atoms with E-state index in [4.69, 9.17) is 11.6 Å². The van der Waals surface area contributed by atoms with Crippen LogP contribution in [0, 0.1) is 0 Å². The summed E-state index contributed by atoms with van der Waals surface area (Å²) < 4.78 is 2.01. The van der Waals surface area contributed by atoms with Crippen LogP contribution in [0.3, 0.4) is 0 Å². The number of nitrogens with zero attached hydrogens (tertiary/aromatic N) is 3. The van der Waals surface area contributed by atoms with Gasteiger partial charge in [-0.15, -0.1) is 10.8 Å². The molecule has 0 N–H and O–H groups in total. The van der Waals surface area contributed by atoms with Crippen LogP contribution in [-0.2, 0) is 6.54 Å². The molecule has 0 amide bonds. The minimum Gasteiger partial charge on any atom is -0.240 e. The monoisotopic (exact) mass is 407 g/mol. The molecule has 5 heteroatoms. The van der Waals surface area contributed by atoms with Crippen LogP contribution in [0.4, 0.5) is 0 Å². The molecule has 0 atom stereocenters. The van der Waals surface area contributed by atoms with E-state index in [-0.39, 0.29) is 0 Å². The molecule has 0 radical (unpaired) electrons. The molecule has 2 aromatic carbocycles. The van der Waals surface area contributed by atoms with Crippen LogP contribution in [-0.4, -0.2) is 23.1 Å². The molecule has 0 unspecified atom stereocenters. The van der Waals surface area contributed by atoms with Gasteiger partial charge < -0.3 is 0 Å². The maximum Gasteiger partial charge on any atom is 0.120 e. The highest BCUT2D eigenvalue weighted by atomic mass is 35.5. The maximum atomic E-state index is 6.26. The van der Waals surface area contributed by atoms with Crippen LogP contribution >= 0.6 is 11.6 Å². The van der Waals surface area contributed by atoms with E-state index in [1.807, 2.05) is 35.0 Å². The Morgan fingerprint density at radius 2 is 1.75 bits per heavy atom. The molecule has 3 nitrogen and oxygen atoms in total. The van der Waals surface area contributed by atoms with Gasteiger partial charge in [-0.2, -0.15) is 0 Å². The van der Waals surface area contributed by atoms with E-state index in [9.17, 15) is 0 Å². The van der Waals surface area contributed by atoms with E-state index < -0.39 is 8.07 Å². The van der Waals surface area contributed by atoms with Crippen molar-refractivity contribution < 1.29 is 0 Å². The van der Waals surface area contributed by atoms with Gasteiger partial charge in [0.15, 0.2) is 0 Å². The van der Waals surface area contributed by atoms with Crippen molar-refractivity contribution in [2.24, 2.45) is 0 Å². The molecule has 3 aromatic rings. The summed E-state index contributed by atoms with van der Waals surface area (Å²) in [6, 6.07) is 18.2. The molecule has 0 fully saturated rings. The molecule has 144 valence electrons. The summed E-state index contributed by atoms with van der Waals surface area (Å²) in [5, 5.41) is 11.0. The highest BCUT2D eigenvalue weighted by Gasteiger charge is 2.28. The van der Waals surface area contributed by atoms with Gasteiger partial charge in [-0.1, -0.05) is 78.9 Å². The number of hydrogen-bond donors (Lipinski definition) is 0. The zero-order chi connectivity index (χ0) is 20.3. The minimum atomic E-state index is -1.73. The van der Waals surface area contributed by atoms with E-state index >= 15 is 0 Å². The van der Waals surface area contributed by atoms with Crippen LogP contribution in [0.25, 0.3) is 16.5 Å². The second kappa shape index (κ2) is 8.32. The van der Waals surface area contributed by atoms with Crippen molar-refractivity contribution in [2.75, 3.05) is 0 Å². The summed E-state index contributed by atoms with van der Waals surface area (Å²) in [6.45, 7) is 11.8. The highest BCUT2D eigenvalue weighted by molar-refractivity contribution is 6.93. The Kier molecular flexibility index (Phi) is 6.04. The molecule has 28 heavy (non-hydrogen) atoms. The number of allylic oxidation sites excluding steroid dienone is 1. The second-order valence-corrected chi connectivity index (χ2v) is 13.6. The van der Waals surface area contributed by atoms with Crippen molar-refractivity contribution in [1.82, 2.24) is 15.0 Å². The van der Waals surface area contributed by atoms with E-state index in [1.165, 1.54) is 10.8 Å². The van der Waals surface area contributed by atoms with Crippen LogP contribution < -0.4 is 0 Å². The lowest BCUT2D eigenvalue weighted by atomic mass is 10.1. The Labute approximate surface area is 173 Å². The molecule has 0 saturated heterocycles. The summed E-state index contributed by atoms with van der Waals surface area (Å²) in [5.74, 6) is 0. The van der Waals surface area contributed by atoms with Gasteiger partial charge in [0.2, 0.25) is 0 Å². The fraction of sp³-hybridized carbons (Fsp3) is 0.261. The summed E-state index contributed by atoms with van der Waals surface area (Å²) in [4.78, 5) is 0. The quantitative estimate of drug-likeness (QED) is 0.358. The lowest BCUT2D eigenvalue weighted by molar-refractivity contribution is 0.644. The van der Waals surface area contributed by atoms with Crippen LogP contribution in [0.15, 0.2) is 65.9 Å². The Balaban J connectivity index is 2.26. The Morgan fingerprint density at radius 1 is 1.04 bits per heavy atom. The first-order valence-corrected chi connectivity index (χ1v) is 13.3. The lowest BCUT2D eigenvalue weighted by Gasteiger charge is -2.21. The number of aromatic nitrogens is 3. The van der Waals surface area contributed by atoms with Gasteiger partial charge in [0.25, 0.3) is 0 Å². The van der Waals surface area contributed by atoms with E-state index in [0.717, 1.165) is 22.5 Å². The van der Waals surface area contributed by atoms with Gasteiger partial charge in [-0.3, -0.25) is 0 Å². The van der Waals surface area contributed by atoms with Gasteiger partial charge in [0.05, 0.1) is 20.3 Å². The number of halogens is 1. The van der Waals surface area contributed by atoms with Gasteiger partial charge >= 0.3 is 0 Å². The first kappa shape index (κ1) is 20.3. The molecule has 0 bridgehead atoms. The fourth-order valence-electron chi connectivity index (χ4n) is 3.11. The minimum absolute atomic E-state index is 0.669. The van der Waals surface area contributed by atoms with E-state index in [0.29, 0.717) is 11.6 Å². The average molecular weight is 408 g/mol. The van der Waals surface area contributed by atoms with Crippen LogP contribution in [0.2, 0.25) is 24.7 Å². The first-order valence-electron chi connectivity index (χ1n) is 9.44. The standard InChI is InChI=1S/C23H26ClN3Si/c1-17(2)14-21(28(3,4)5)23-22(19-12-9-13-20(24)15-19)25-26-27(23)16-18-10-7-6-8-11-18/h6-13,15H,16H2,1-5H3. The third-order valence-electron chi connectivity index (χ3n) is 4.37. The normalized spacial score (nSPS) is 11.2. The zero-order valence-electron chi connectivity index (χ0n) is 17.1. The Morgan fingerprint density at radius 3 is 2.36 bits per heavy atom. The molecule has 0 aliphatic rings. The number of rotatable bonds is 5. The third kappa shape index (κ3) is 4.71. The topological polar surface area (TPSA) is 30.7 Å². The molecule has 1 heterocycles. The van der Waals surface area contributed by atoms with E-state index in [1.54, 1.807) is 0 Å². The van der Waals surface area contributed by atoms with Gasteiger partial charge in [0.1, 0.15) is 5.69 Å². The van der Waals surface area contributed by atoms with Crippen LogP contribution in [0.1, 0.15) is 25.1 Å². The van der Waals surface area contributed by atoms with Gasteiger partial charge in [-0.05, 0) is 37.1 Å². The lowest BCUT2D eigenvalue weighted by Crippen LogP contribution is -2.25. The Bertz CT molecular complexity index is 1040. The smallest absolute Gasteiger partial charge is 0.120 e. The SMILES string of the molecule is CC(C)=C=C(c1c(-c2cccc(Cl)c2)nnn1Cc1ccccc1)[Si](C)(C)C. The van der Waals surface area contributed by atoms with Crippen molar-refractivity contribution in [3.8, 4) is 11.3 Å². The summed E-state index contributed by atoms with van der Waals surface area (Å²) in [6.07, 6.45) is 0. The van der Waals surface area contributed by atoms with Crippen molar-refractivity contribution >= 4 is 24.9 Å². The third-order valence-corrected chi connectivity index (χ3v) is 6.47. The summed E-state index contributed by atoms with van der Waals surface area (Å²) in [5.41, 5.74) is 8.87. The van der Waals surface area contributed by atoms with Crippen molar-refractivity contribution in [3.05, 3.63) is 82.2 Å². The van der Waals surface area contributed by atoms with Crippen molar-refractivity contribution in [1.29, 1.82) is 0 Å². The Hall–Kier alpha value is -2.39.